The van der Waals surface area contributed by atoms with E-state index < -0.39 is 5.82 Å². The number of hydrogen-bond donors (Lipinski definition) is 0. The summed E-state index contributed by atoms with van der Waals surface area (Å²) in [6, 6.07) is 8.51. The molecule has 0 saturated carbocycles. The van der Waals surface area contributed by atoms with Gasteiger partial charge in [0.1, 0.15) is 17.3 Å². The Morgan fingerprint density at radius 1 is 1.22 bits per heavy atom. The molecule has 0 bridgehead atoms. The Morgan fingerprint density at radius 3 is 2.70 bits per heavy atom. The van der Waals surface area contributed by atoms with E-state index in [4.69, 9.17) is 9.47 Å². The maximum absolute atomic E-state index is 14.0. The summed E-state index contributed by atoms with van der Waals surface area (Å²) in [5.74, 6) is 0.512. The second-order valence-electron chi connectivity index (χ2n) is 5.26. The highest BCUT2D eigenvalue weighted by Gasteiger charge is 2.31. The molecule has 120 valence electrons. The van der Waals surface area contributed by atoms with Crippen LogP contribution in [0.3, 0.4) is 0 Å². The van der Waals surface area contributed by atoms with E-state index >= 15 is 0 Å². The first-order valence-corrected chi connectivity index (χ1v) is 7.81. The van der Waals surface area contributed by atoms with E-state index in [9.17, 15) is 9.18 Å². The van der Waals surface area contributed by atoms with Gasteiger partial charge in [-0.15, -0.1) is 0 Å². The number of carbonyl (C=O) groups is 1. The molecule has 0 atom stereocenters. The van der Waals surface area contributed by atoms with Gasteiger partial charge in [0, 0.05) is 29.2 Å². The number of ether oxygens (including phenoxy) is 2. The molecule has 0 aromatic heterocycles. The van der Waals surface area contributed by atoms with Gasteiger partial charge in [-0.1, -0.05) is 15.9 Å². The Kier molecular flexibility index (Phi) is 4.26. The van der Waals surface area contributed by atoms with Crippen molar-refractivity contribution in [1.29, 1.82) is 0 Å². The normalized spacial score (nSPS) is 13.2. The predicted octanol–water partition coefficient (Wildman–Crippen LogP) is 3.76. The van der Waals surface area contributed by atoms with Crippen LogP contribution in [0.25, 0.3) is 0 Å². The van der Waals surface area contributed by atoms with E-state index in [2.05, 4.69) is 15.9 Å². The third-order valence-electron chi connectivity index (χ3n) is 3.85. The number of hydrogen-bond acceptors (Lipinski definition) is 3. The highest BCUT2D eigenvalue weighted by molar-refractivity contribution is 9.10. The summed E-state index contributed by atoms with van der Waals surface area (Å²) < 4.78 is 25.2. The summed E-state index contributed by atoms with van der Waals surface area (Å²) >= 11 is 3.26. The fraction of sp³-hybridized carbons (Fsp3) is 0.235. The van der Waals surface area contributed by atoms with E-state index in [0.717, 1.165) is 5.56 Å². The SMILES string of the molecule is COc1ccc(CN2Cc3cc(Br)cc(F)c3C2=O)c(OC)c1. The molecule has 2 aromatic rings. The highest BCUT2D eigenvalue weighted by atomic mass is 79.9. The van der Waals surface area contributed by atoms with Crippen molar-refractivity contribution in [3.8, 4) is 11.5 Å². The van der Waals surface area contributed by atoms with Crippen LogP contribution in [0.1, 0.15) is 21.5 Å². The van der Waals surface area contributed by atoms with Gasteiger partial charge in [0.2, 0.25) is 0 Å². The molecule has 0 aliphatic carbocycles. The number of nitrogens with zero attached hydrogens (tertiary/aromatic N) is 1. The van der Waals surface area contributed by atoms with Gasteiger partial charge in [-0.3, -0.25) is 4.79 Å². The second kappa shape index (κ2) is 6.20. The van der Waals surface area contributed by atoms with Gasteiger partial charge in [0.05, 0.1) is 19.8 Å². The van der Waals surface area contributed by atoms with E-state index in [1.807, 2.05) is 12.1 Å². The molecule has 4 nitrogen and oxygen atoms in total. The number of benzene rings is 2. The van der Waals surface area contributed by atoms with Crippen molar-refractivity contribution in [3.63, 3.8) is 0 Å². The minimum atomic E-state index is -0.497. The van der Waals surface area contributed by atoms with Crippen LogP contribution in [0.5, 0.6) is 11.5 Å². The van der Waals surface area contributed by atoms with Gasteiger partial charge >= 0.3 is 0 Å². The average molecular weight is 380 g/mol. The molecule has 2 aromatic carbocycles. The average Bonchev–Trinajstić information content (AvgIpc) is 2.83. The van der Waals surface area contributed by atoms with Crippen molar-refractivity contribution in [2.75, 3.05) is 14.2 Å². The monoisotopic (exact) mass is 379 g/mol. The van der Waals surface area contributed by atoms with Gasteiger partial charge in [0.15, 0.2) is 0 Å². The fourth-order valence-corrected chi connectivity index (χ4v) is 3.22. The number of halogens is 2. The third kappa shape index (κ3) is 2.91. The lowest BCUT2D eigenvalue weighted by Crippen LogP contribution is -2.24. The molecule has 0 radical (unpaired) electrons. The van der Waals surface area contributed by atoms with Crippen LogP contribution >= 0.6 is 15.9 Å². The van der Waals surface area contributed by atoms with E-state index in [1.54, 1.807) is 31.3 Å². The number of methoxy groups -OCH3 is 2. The van der Waals surface area contributed by atoms with E-state index in [0.29, 0.717) is 34.6 Å². The Balaban J connectivity index is 1.88. The molecule has 6 heteroatoms. The molecule has 1 heterocycles. The first kappa shape index (κ1) is 15.8. The van der Waals surface area contributed by atoms with Crippen LogP contribution in [0.15, 0.2) is 34.8 Å². The summed E-state index contributed by atoms with van der Waals surface area (Å²) in [5, 5.41) is 0. The van der Waals surface area contributed by atoms with Crippen LogP contribution in [0.2, 0.25) is 0 Å². The van der Waals surface area contributed by atoms with Gasteiger partial charge in [-0.25, -0.2) is 4.39 Å². The van der Waals surface area contributed by atoms with Crippen molar-refractivity contribution in [2.45, 2.75) is 13.1 Å². The zero-order chi connectivity index (χ0) is 16.6. The van der Waals surface area contributed by atoms with Crippen LogP contribution in [-0.2, 0) is 13.1 Å². The topological polar surface area (TPSA) is 38.8 Å². The van der Waals surface area contributed by atoms with E-state index in [1.165, 1.54) is 6.07 Å². The lowest BCUT2D eigenvalue weighted by molar-refractivity contribution is 0.0762. The second-order valence-corrected chi connectivity index (χ2v) is 6.18. The van der Waals surface area contributed by atoms with Crippen molar-refractivity contribution in [2.24, 2.45) is 0 Å². The van der Waals surface area contributed by atoms with Crippen LogP contribution in [0.4, 0.5) is 4.39 Å². The van der Waals surface area contributed by atoms with Gasteiger partial charge in [-0.2, -0.15) is 0 Å². The van der Waals surface area contributed by atoms with Crippen molar-refractivity contribution in [3.05, 3.63) is 57.3 Å². The van der Waals surface area contributed by atoms with Crippen molar-refractivity contribution >= 4 is 21.8 Å². The molecule has 1 amide bonds. The van der Waals surface area contributed by atoms with Gasteiger partial charge in [-0.05, 0) is 29.8 Å². The van der Waals surface area contributed by atoms with Crippen LogP contribution in [0, 0.1) is 5.82 Å². The molecule has 3 rings (SSSR count). The molecule has 0 unspecified atom stereocenters. The van der Waals surface area contributed by atoms with Crippen LogP contribution in [-0.4, -0.2) is 25.0 Å². The quantitative estimate of drug-likeness (QED) is 0.811. The molecule has 1 aliphatic heterocycles. The Morgan fingerprint density at radius 2 is 2.00 bits per heavy atom. The summed E-state index contributed by atoms with van der Waals surface area (Å²) in [6.45, 7) is 0.720. The van der Waals surface area contributed by atoms with Crippen molar-refractivity contribution in [1.82, 2.24) is 4.90 Å². The standard InChI is InChI=1S/C17H15BrFNO3/c1-22-13-4-3-10(15(7-13)23-2)8-20-9-11-5-12(18)6-14(19)16(11)17(20)21/h3-7H,8-9H2,1-2H3. The maximum Gasteiger partial charge on any atom is 0.257 e. The maximum atomic E-state index is 14.0. The minimum Gasteiger partial charge on any atom is -0.497 e. The smallest absolute Gasteiger partial charge is 0.257 e. The molecular formula is C17H15BrFNO3. The third-order valence-corrected chi connectivity index (χ3v) is 4.31. The number of rotatable bonds is 4. The molecule has 0 spiro atoms. The molecule has 0 fully saturated rings. The number of fused-ring (bicyclic) bond motifs is 1. The molecule has 0 N–H and O–H groups in total. The molecule has 1 aliphatic rings. The Labute approximate surface area is 141 Å². The summed E-state index contributed by atoms with van der Waals surface area (Å²) in [6.07, 6.45) is 0. The zero-order valence-corrected chi connectivity index (χ0v) is 14.3. The van der Waals surface area contributed by atoms with Crippen molar-refractivity contribution < 1.29 is 18.7 Å². The zero-order valence-electron chi connectivity index (χ0n) is 12.7. The lowest BCUT2D eigenvalue weighted by Gasteiger charge is -2.18. The summed E-state index contributed by atoms with van der Waals surface area (Å²) in [7, 11) is 3.14. The van der Waals surface area contributed by atoms with Crippen LogP contribution < -0.4 is 9.47 Å². The lowest BCUT2D eigenvalue weighted by atomic mass is 10.1. The van der Waals surface area contributed by atoms with Gasteiger partial charge < -0.3 is 14.4 Å². The van der Waals surface area contributed by atoms with E-state index in [-0.39, 0.29) is 11.5 Å². The molecular weight excluding hydrogens is 365 g/mol. The molecule has 23 heavy (non-hydrogen) atoms. The molecule has 0 saturated heterocycles. The summed E-state index contributed by atoms with van der Waals surface area (Å²) in [5.41, 5.74) is 1.68. The largest absolute Gasteiger partial charge is 0.497 e. The predicted molar refractivity (Wildman–Crippen MR) is 87.2 cm³/mol. The Hall–Kier alpha value is -2.08. The number of carbonyl (C=O) groups excluding carboxylic acids is 1. The van der Waals surface area contributed by atoms with Gasteiger partial charge in [0.25, 0.3) is 5.91 Å². The fourth-order valence-electron chi connectivity index (χ4n) is 2.74. The minimum absolute atomic E-state index is 0.153. The summed E-state index contributed by atoms with van der Waals surface area (Å²) in [4.78, 5) is 14.1. The first-order valence-electron chi connectivity index (χ1n) is 7.01. The highest BCUT2D eigenvalue weighted by Crippen LogP contribution is 2.32. The Bertz CT molecular complexity index is 779. The number of amides is 1. The first-order chi connectivity index (χ1) is 11.0.